The molecule has 1 N–H and O–H groups in total. The summed E-state index contributed by atoms with van der Waals surface area (Å²) in [6.45, 7) is 0.430. The Morgan fingerprint density at radius 2 is 1.71 bits per heavy atom. The average molecular weight is 496 g/mol. The van der Waals surface area contributed by atoms with Gasteiger partial charge in [0.15, 0.2) is 0 Å². The zero-order valence-corrected chi connectivity index (χ0v) is 19.3. The predicted octanol–water partition coefficient (Wildman–Crippen LogP) is 3.02. The zero-order valence-electron chi connectivity index (χ0n) is 17.7. The summed E-state index contributed by atoms with van der Waals surface area (Å²) in [5.74, 6) is -1.62. The van der Waals surface area contributed by atoms with Crippen LogP contribution in [0.1, 0.15) is 32.1 Å². The van der Waals surface area contributed by atoms with Crippen molar-refractivity contribution in [3.05, 3.63) is 69.7 Å². The van der Waals surface area contributed by atoms with Gasteiger partial charge in [0, 0.05) is 36.6 Å². The van der Waals surface area contributed by atoms with Crippen LogP contribution in [0, 0.1) is 5.92 Å². The minimum atomic E-state index is -0.520. The quantitative estimate of drug-likeness (QED) is 0.526. The maximum atomic E-state index is 12.7. The number of carbonyl (C=O) groups is 4. The second-order valence-corrected chi connectivity index (χ2v) is 9.43. The highest BCUT2D eigenvalue weighted by atomic mass is 35.5. The highest BCUT2D eigenvalue weighted by molar-refractivity contribution is 7.15. The van der Waals surface area contributed by atoms with Gasteiger partial charge in [0.2, 0.25) is 16.9 Å². The first-order valence-electron chi connectivity index (χ1n) is 10.5. The maximum Gasteiger partial charge on any atom is 0.261 e. The smallest absolute Gasteiger partial charge is 0.261 e. The number of halogens is 1. The van der Waals surface area contributed by atoms with E-state index < -0.39 is 5.92 Å². The number of benzene rings is 2. The third-order valence-corrected chi connectivity index (χ3v) is 6.91. The van der Waals surface area contributed by atoms with E-state index in [4.69, 9.17) is 11.6 Å². The first-order chi connectivity index (χ1) is 16.4. The molecule has 2 aliphatic rings. The molecule has 2 aromatic carbocycles. The lowest BCUT2D eigenvalue weighted by molar-refractivity contribution is -0.122. The average Bonchev–Trinajstić information content (AvgIpc) is 3.51. The van der Waals surface area contributed by atoms with Crippen molar-refractivity contribution in [3.63, 3.8) is 0 Å². The van der Waals surface area contributed by atoms with Crippen molar-refractivity contribution < 1.29 is 19.2 Å². The van der Waals surface area contributed by atoms with E-state index in [1.807, 2.05) is 0 Å². The largest absolute Gasteiger partial charge is 0.312 e. The Morgan fingerprint density at radius 1 is 1.03 bits per heavy atom. The minimum absolute atomic E-state index is 0.0971. The van der Waals surface area contributed by atoms with E-state index in [1.165, 1.54) is 16.2 Å². The highest BCUT2D eigenvalue weighted by Gasteiger charge is 2.36. The summed E-state index contributed by atoms with van der Waals surface area (Å²) in [6.07, 6.45) is 0.422. The zero-order chi connectivity index (χ0) is 23.8. The van der Waals surface area contributed by atoms with Crippen molar-refractivity contribution >= 4 is 57.4 Å². The summed E-state index contributed by atoms with van der Waals surface area (Å²) in [4.78, 5) is 52.8. The van der Waals surface area contributed by atoms with Crippen LogP contribution in [0.4, 0.5) is 10.8 Å². The molecular weight excluding hydrogens is 478 g/mol. The lowest BCUT2D eigenvalue weighted by Gasteiger charge is -2.16. The number of amides is 4. The molecule has 0 saturated carbocycles. The number of nitrogens with one attached hydrogen (secondary N) is 1. The summed E-state index contributed by atoms with van der Waals surface area (Å²) in [5, 5.41) is 12.2. The van der Waals surface area contributed by atoms with Crippen LogP contribution in [0.25, 0.3) is 0 Å². The van der Waals surface area contributed by atoms with E-state index >= 15 is 0 Å². The van der Waals surface area contributed by atoms with Crippen LogP contribution in [0.3, 0.4) is 0 Å². The molecule has 1 atom stereocenters. The Morgan fingerprint density at radius 3 is 2.38 bits per heavy atom. The minimum Gasteiger partial charge on any atom is -0.312 e. The monoisotopic (exact) mass is 495 g/mol. The first-order valence-corrected chi connectivity index (χ1v) is 11.7. The molecule has 0 bridgehead atoms. The van der Waals surface area contributed by atoms with Gasteiger partial charge in [-0.05, 0) is 36.4 Å². The number of hydrogen-bond acceptors (Lipinski definition) is 7. The van der Waals surface area contributed by atoms with Crippen molar-refractivity contribution in [1.82, 2.24) is 15.1 Å². The molecule has 5 rings (SSSR count). The van der Waals surface area contributed by atoms with Crippen molar-refractivity contribution in [2.75, 3.05) is 23.3 Å². The van der Waals surface area contributed by atoms with E-state index in [0.29, 0.717) is 38.4 Å². The lowest BCUT2D eigenvalue weighted by Crippen LogP contribution is -2.31. The SMILES string of the molecule is O=C(Nc1nnc(CCN2C(=O)c3ccccc3C2=O)s1)C1CC(=O)N(c2ccc(Cl)cc2)C1. The molecule has 172 valence electrons. The van der Waals surface area contributed by atoms with Gasteiger partial charge in [0.05, 0.1) is 17.0 Å². The van der Waals surface area contributed by atoms with Gasteiger partial charge in [0.25, 0.3) is 11.8 Å². The van der Waals surface area contributed by atoms with Crippen LogP contribution >= 0.6 is 22.9 Å². The number of rotatable bonds is 6. The third kappa shape index (κ3) is 4.17. The molecule has 4 amide bonds. The Bertz CT molecular complexity index is 1270. The fourth-order valence-corrected chi connectivity index (χ4v) is 4.87. The standard InChI is InChI=1S/C23H18ClN5O4S/c24-14-5-7-15(8-6-14)29-12-13(11-19(29)30)20(31)25-23-27-26-18(34-23)9-10-28-21(32)16-3-1-2-4-17(16)22(28)33/h1-8,13H,9-12H2,(H,25,27,31). The number of fused-ring (bicyclic) bond motifs is 1. The normalized spacial score (nSPS) is 17.4. The molecule has 11 heteroatoms. The van der Waals surface area contributed by atoms with Gasteiger partial charge in [-0.3, -0.25) is 24.1 Å². The third-order valence-electron chi connectivity index (χ3n) is 5.76. The van der Waals surface area contributed by atoms with Gasteiger partial charge in [-0.2, -0.15) is 0 Å². The van der Waals surface area contributed by atoms with Gasteiger partial charge < -0.3 is 10.2 Å². The molecule has 1 aromatic heterocycles. The Labute approximate surface area is 203 Å². The van der Waals surface area contributed by atoms with Gasteiger partial charge in [-0.25, -0.2) is 0 Å². The van der Waals surface area contributed by atoms with Gasteiger partial charge in [-0.15, -0.1) is 10.2 Å². The molecule has 9 nitrogen and oxygen atoms in total. The first kappa shape index (κ1) is 22.2. The second kappa shape index (κ2) is 8.96. The number of hydrogen-bond donors (Lipinski definition) is 1. The molecule has 3 aromatic rings. The number of imide groups is 1. The van der Waals surface area contributed by atoms with E-state index in [-0.39, 0.29) is 43.1 Å². The summed E-state index contributed by atoms with van der Waals surface area (Å²) < 4.78 is 0. The van der Waals surface area contributed by atoms with Crippen LogP contribution < -0.4 is 10.2 Å². The molecule has 2 aliphatic heterocycles. The van der Waals surface area contributed by atoms with Gasteiger partial charge >= 0.3 is 0 Å². The summed E-state index contributed by atoms with van der Waals surface area (Å²) >= 11 is 7.08. The summed E-state index contributed by atoms with van der Waals surface area (Å²) in [7, 11) is 0. The molecule has 1 unspecified atom stereocenters. The van der Waals surface area contributed by atoms with Crippen LogP contribution in [-0.4, -0.2) is 51.8 Å². The van der Waals surface area contributed by atoms with E-state index in [0.717, 1.165) is 0 Å². The number of anilines is 2. The van der Waals surface area contributed by atoms with E-state index in [2.05, 4.69) is 15.5 Å². The van der Waals surface area contributed by atoms with Gasteiger partial charge in [0.1, 0.15) is 5.01 Å². The summed E-state index contributed by atoms with van der Waals surface area (Å²) in [6, 6.07) is 13.6. The molecule has 3 heterocycles. The number of aromatic nitrogens is 2. The van der Waals surface area contributed by atoms with Crippen LogP contribution in [0.5, 0.6) is 0 Å². The van der Waals surface area contributed by atoms with Crippen LogP contribution in [0.15, 0.2) is 48.5 Å². The number of nitrogens with zero attached hydrogens (tertiary/aromatic N) is 4. The molecule has 0 spiro atoms. The van der Waals surface area contributed by atoms with Crippen molar-refractivity contribution in [2.45, 2.75) is 12.8 Å². The van der Waals surface area contributed by atoms with E-state index in [1.54, 1.807) is 53.4 Å². The fourth-order valence-electron chi connectivity index (χ4n) is 4.02. The van der Waals surface area contributed by atoms with Crippen LogP contribution in [-0.2, 0) is 16.0 Å². The molecule has 1 saturated heterocycles. The van der Waals surface area contributed by atoms with Crippen molar-refractivity contribution in [2.24, 2.45) is 5.92 Å². The number of carbonyl (C=O) groups excluding carboxylic acids is 4. The topological polar surface area (TPSA) is 113 Å². The molecular formula is C23H18ClN5O4S. The lowest BCUT2D eigenvalue weighted by atomic mass is 10.1. The molecule has 0 radical (unpaired) electrons. The van der Waals surface area contributed by atoms with Gasteiger partial charge in [-0.1, -0.05) is 35.1 Å². The fraction of sp³-hybridized carbons (Fsp3) is 0.217. The van der Waals surface area contributed by atoms with Crippen molar-refractivity contribution in [3.8, 4) is 0 Å². The molecule has 0 aliphatic carbocycles. The Kier molecular flexibility index (Phi) is 5.84. The second-order valence-electron chi connectivity index (χ2n) is 7.93. The maximum absolute atomic E-state index is 12.7. The Balaban J connectivity index is 1.17. The highest BCUT2D eigenvalue weighted by Crippen LogP contribution is 2.28. The van der Waals surface area contributed by atoms with E-state index in [9.17, 15) is 19.2 Å². The summed E-state index contributed by atoms with van der Waals surface area (Å²) in [5.41, 5.74) is 1.49. The molecule has 34 heavy (non-hydrogen) atoms. The Hall–Kier alpha value is -3.63. The molecule has 1 fully saturated rings. The van der Waals surface area contributed by atoms with Crippen LogP contribution in [0.2, 0.25) is 5.02 Å². The van der Waals surface area contributed by atoms with Crippen molar-refractivity contribution in [1.29, 1.82) is 0 Å². The predicted molar refractivity (Wildman–Crippen MR) is 126 cm³/mol.